The third kappa shape index (κ3) is 5.44. The molecule has 26 heavy (non-hydrogen) atoms. The van der Waals surface area contributed by atoms with E-state index >= 15 is 0 Å². The zero-order valence-electron chi connectivity index (χ0n) is 15.5. The number of carbonyl (C=O) groups is 1. The summed E-state index contributed by atoms with van der Waals surface area (Å²) in [7, 11) is 3.62. The van der Waals surface area contributed by atoms with Crippen molar-refractivity contribution >= 4 is 17.5 Å². The van der Waals surface area contributed by atoms with Gasteiger partial charge in [-0.05, 0) is 63.3 Å². The number of rotatable bonds is 7. The number of benzene rings is 2. The molecule has 140 valence electrons. The Morgan fingerprint density at radius 3 is 2.46 bits per heavy atom. The average Bonchev–Trinajstić information content (AvgIpc) is 2.54. The zero-order chi connectivity index (χ0) is 19.3. The van der Waals surface area contributed by atoms with Crippen molar-refractivity contribution in [1.82, 2.24) is 10.2 Å². The van der Waals surface area contributed by atoms with Gasteiger partial charge in [-0.3, -0.25) is 4.79 Å². The van der Waals surface area contributed by atoms with Crippen LogP contribution in [0.5, 0.6) is 5.75 Å². The van der Waals surface area contributed by atoms with Gasteiger partial charge in [0.05, 0.1) is 6.04 Å². The number of likely N-dealkylation sites (N-methyl/N-ethyl adjacent to an activating group) is 1. The molecule has 2 aromatic carbocycles. The minimum Gasteiger partial charge on any atom is -0.484 e. The number of nitrogens with one attached hydrogen (secondary N) is 1. The Bertz CT molecular complexity index is 740. The smallest absolute Gasteiger partial charge is 0.258 e. The van der Waals surface area contributed by atoms with Crippen LogP contribution in [0.3, 0.4) is 0 Å². The quantitative estimate of drug-likeness (QED) is 0.794. The topological polar surface area (TPSA) is 41.6 Å². The summed E-state index contributed by atoms with van der Waals surface area (Å²) in [6.45, 7) is 4.07. The van der Waals surface area contributed by atoms with Crippen LogP contribution in [-0.4, -0.2) is 38.1 Å². The van der Waals surface area contributed by atoms with Gasteiger partial charge < -0.3 is 15.0 Å². The highest BCUT2D eigenvalue weighted by atomic mass is 35.5. The van der Waals surface area contributed by atoms with Gasteiger partial charge in [0.25, 0.3) is 5.91 Å². The highest BCUT2D eigenvalue weighted by Crippen LogP contribution is 2.28. The van der Waals surface area contributed by atoms with E-state index in [9.17, 15) is 9.18 Å². The van der Waals surface area contributed by atoms with E-state index in [1.807, 2.05) is 51.0 Å². The number of carbonyl (C=O) groups excluding carboxylic acids is 1. The highest BCUT2D eigenvalue weighted by molar-refractivity contribution is 6.31. The second kappa shape index (κ2) is 9.01. The Morgan fingerprint density at radius 2 is 1.88 bits per heavy atom. The van der Waals surface area contributed by atoms with Gasteiger partial charge in [0.1, 0.15) is 11.6 Å². The van der Waals surface area contributed by atoms with Crippen LogP contribution in [0.25, 0.3) is 0 Å². The summed E-state index contributed by atoms with van der Waals surface area (Å²) < 4.78 is 19.7. The lowest BCUT2D eigenvalue weighted by Crippen LogP contribution is -2.37. The fraction of sp³-hybridized carbons (Fsp3) is 0.350. The lowest BCUT2D eigenvalue weighted by molar-refractivity contribution is -0.123. The number of amides is 1. The standard InChI is InChI=1S/C20H24ClFN2O2/c1-13-8-14(2)10-15(9-13)26-12-19(25)23-11-18(24(3)4)20-16(21)6-5-7-17(20)22/h5-10,18H,11-12H2,1-4H3,(H,23,25)/t18-/m1/s1. The molecule has 0 heterocycles. The maximum absolute atomic E-state index is 14.2. The molecule has 0 radical (unpaired) electrons. The average molecular weight is 379 g/mol. The summed E-state index contributed by atoms with van der Waals surface area (Å²) in [4.78, 5) is 13.9. The molecule has 0 aromatic heterocycles. The van der Waals surface area contributed by atoms with Crippen molar-refractivity contribution in [2.24, 2.45) is 0 Å². The van der Waals surface area contributed by atoms with Crippen LogP contribution >= 0.6 is 11.6 Å². The molecule has 2 aromatic rings. The Labute approximate surface area is 158 Å². The maximum atomic E-state index is 14.2. The first-order chi connectivity index (χ1) is 12.3. The lowest BCUT2D eigenvalue weighted by Gasteiger charge is -2.26. The third-order valence-corrected chi connectivity index (χ3v) is 4.34. The first kappa shape index (κ1) is 20.2. The van der Waals surface area contributed by atoms with E-state index in [1.54, 1.807) is 12.1 Å². The molecule has 0 spiro atoms. The molecule has 1 amide bonds. The Balaban J connectivity index is 1.97. The minimum absolute atomic E-state index is 0.103. The van der Waals surface area contributed by atoms with Crippen LogP contribution < -0.4 is 10.1 Å². The van der Waals surface area contributed by atoms with Crippen molar-refractivity contribution in [1.29, 1.82) is 0 Å². The maximum Gasteiger partial charge on any atom is 0.258 e. The molecular formula is C20H24ClFN2O2. The fourth-order valence-electron chi connectivity index (χ4n) is 2.80. The zero-order valence-corrected chi connectivity index (χ0v) is 16.2. The van der Waals surface area contributed by atoms with Gasteiger partial charge in [-0.15, -0.1) is 0 Å². The summed E-state index contributed by atoms with van der Waals surface area (Å²) in [5.41, 5.74) is 2.51. The summed E-state index contributed by atoms with van der Waals surface area (Å²) in [5.74, 6) is -0.0145. The SMILES string of the molecule is Cc1cc(C)cc(OCC(=O)NC[C@H](c2c(F)cccc2Cl)N(C)C)c1. The van der Waals surface area contributed by atoms with Crippen molar-refractivity contribution in [3.8, 4) is 5.75 Å². The van der Waals surface area contributed by atoms with Crippen LogP contribution in [-0.2, 0) is 4.79 Å². The molecule has 2 rings (SSSR count). The second-order valence-corrected chi connectivity index (χ2v) is 6.94. The van der Waals surface area contributed by atoms with Gasteiger partial charge in [0, 0.05) is 17.1 Å². The summed E-state index contributed by atoms with van der Waals surface area (Å²) in [6.07, 6.45) is 0. The van der Waals surface area contributed by atoms with Gasteiger partial charge >= 0.3 is 0 Å². The number of hydrogen-bond donors (Lipinski definition) is 1. The summed E-state index contributed by atoms with van der Waals surface area (Å²) in [6, 6.07) is 9.97. The molecule has 0 saturated heterocycles. The molecule has 0 aliphatic carbocycles. The number of nitrogens with zero attached hydrogens (tertiary/aromatic N) is 1. The Hall–Kier alpha value is -2.11. The second-order valence-electron chi connectivity index (χ2n) is 6.53. The molecule has 1 atom stereocenters. The van der Waals surface area contributed by atoms with E-state index in [2.05, 4.69) is 5.32 Å². The molecule has 0 aliphatic heterocycles. The Morgan fingerprint density at radius 1 is 1.23 bits per heavy atom. The predicted molar refractivity (Wildman–Crippen MR) is 102 cm³/mol. The number of hydrogen-bond acceptors (Lipinski definition) is 3. The van der Waals surface area contributed by atoms with Gasteiger partial charge in [-0.1, -0.05) is 23.7 Å². The largest absolute Gasteiger partial charge is 0.484 e. The van der Waals surface area contributed by atoms with E-state index < -0.39 is 5.82 Å². The molecule has 6 heteroatoms. The van der Waals surface area contributed by atoms with E-state index in [4.69, 9.17) is 16.3 Å². The number of aryl methyl sites for hydroxylation is 2. The molecule has 0 unspecified atom stereocenters. The summed E-state index contributed by atoms with van der Waals surface area (Å²) in [5, 5.41) is 3.12. The third-order valence-electron chi connectivity index (χ3n) is 4.01. The van der Waals surface area contributed by atoms with Crippen LogP contribution in [0.2, 0.25) is 5.02 Å². The van der Waals surface area contributed by atoms with Gasteiger partial charge in [0.15, 0.2) is 6.61 Å². The van der Waals surface area contributed by atoms with Crippen molar-refractivity contribution in [3.63, 3.8) is 0 Å². The van der Waals surface area contributed by atoms with Crippen LogP contribution in [0, 0.1) is 19.7 Å². The minimum atomic E-state index is -0.392. The van der Waals surface area contributed by atoms with Crippen LogP contribution in [0.4, 0.5) is 4.39 Å². The number of halogens is 2. The van der Waals surface area contributed by atoms with Gasteiger partial charge in [-0.2, -0.15) is 0 Å². The van der Waals surface area contributed by atoms with Crippen molar-refractivity contribution in [2.45, 2.75) is 19.9 Å². The highest BCUT2D eigenvalue weighted by Gasteiger charge is 2.21. The van der Waals surface area contributed by atoms with Crippen molar-refractivity contribution in [2.75, 3.05) is 27.2 Å². The molecule has 0 bridgehead atoms. The molecule has 1 N–H and O–H groups in total. The first-order valence-corrected chi connectivity index (χ1v) is 8.74. The molecule has 0 fully saturated rings. The Kier molecular flexibility index (Phi) is 7.00. The van der Waals surface area contributed by atoms with Crippen LogP contribution in [0.15, 0.2) is 36.4 Å². The van der Waals surface area contributed by atoms with Crippen LogP contribution in [0.1, 0.15) is 22.7 Å². The monoisotopic (exact) mass is 378 g/mol. The van der Waals surface area contributed by atoms with E-state index in [-0.39, 0.29) is 25.1 Å². The molecule has 0 saturated carbocycles. The summed E-state index contributed by atoms with van der Waals surface area (Å²) >= 11 is 6.15. The number of ether oxygens (including phenoxy) is 1. The first-order valence-electron chi connectivity index (χ1n) is 8.36. The fourth-order valence-corrected chi connectivity index (χ4v) is 3.09. The van der Waals surface area contributed by atoms with E-state index in [1.165, 1.54) is 6.07 Å². The normalized spacial score (nSPS) is 12.1. The van der Waals surface area contributed by atoms with Gasteiger partial charge in [0.2, 0.25) is 0 Å². The lowest BCUT2D eigenvalue weighted by atomic mass is 10.1. The predicted octanol–water partition coefficient (Wildman–Crippen LogP) is 3.89. The molecule has 4 nitrogen and oxygen atoms in total. The van der Waals surface area contributed by atoms with Crippen molar-refractivity contribution < 1.29 is 13.9 Å². The van der Waals surface area contributed by atoms with E-state index in [0.29, 0.717) is 16.3 Å². The van der Waals surface area contributed by atoms with Gasteiger partial charge in [-0.25, -0.2) is 4.39 Å². The van der Waals surface area contributed by atoms with Crippen molar-refractivity contribution in [3.05, 3.63) is 63.9 Å². The van der Waals surface area contributed by atoms with E-state index in [0.717, 1.165) is 11.1 Å². The molecule has 0 aliphatic rings. The molecular weight excluding hydrogens is 355 g/mol.